The van der Waals surface area contributed by atoms with Crippen LogP contribution in [-0.2, 0) is 0 Å². The molecule has 20 heavy (non-hydrogen) atoms. The molecule has 0 saturated heterocycles. The lowest BCUT2D eigenvalue weighted by Crippen LogP contribution is -2.09. The Labute approximate surface area is 121 Å². The molecule has 2 aliphatic rings. The third kappa shape index (κ3) is 2.74. The Morgan fingerprint density at radius 3 is 2.20 bits per heavy atom. The summed E-state index contributed by atoms with van der Waals surface area (Å²) in [6, 6.07) is 4.28. The first-order chi connectivity index (χ1) is 9.69. The minimum atomic E-state index is 0.108. The number of ether oxygens (including phenoxy) is 1. The van der Waals surface area contributed by atoms with Gasteiger partial charge >= 0.3 is 0 Å². The van der Waals surface area contributed by atoms with E-state index in [-0.39, 0.29) is 6.10 Å². The van der Waals surface area contributed by atoms with E-state index >= 15 is 0 Å². The van der Waals surface area contributed by atoms with Crippen molar-refractivity contribution in [3.05, 3.63) is 28.8 Å². The molecule has 0 heterocycles. The maximum Gasteiger partial charge on any atom is 0.153 e. The summed E-state index contributed by atoms with van der Waals surface area (Å²) in [4.78, 5) is 11.4. The van der Waals surface area contributed by atoms with Gasteiger partial charge in [0.2, 0.25) is 0 Å². The molecule has 0 bridgehead atoms. The molecule has 2 nitrogen and oxygen atoms in total. The largest absolute Gasteiger partial charge is 0.490 e. The molecule has 0 amide bonds. The molecular weight excluding hydrogens is 248 g/mol. The van der Waals surface area contributed by atoms with Crippen LogP contribution in [0.5, 0.6) is 5.75 Å². The van der Waals surface area contributed by atoms with Crippen LogP contribution >= 0.6 is 0 Å². The lowest BCUT2D eigenvalue weighted by atomic mass is 9.89. The highest BCUT2D eigenvalue weighted by Crippen LogP contribution is 2.47. The topological polar surface area (TPSA) is 26.3 Å². The number of hydrogen-bond donors (Lipinski definition) is 0. The van der Waals surface area contributed by atoms with Crippen LogP contribution in [0, 0.1) is 0 Å². The molecule has 0 N–H and O–H groups in total. The average molecular weight is 272 g/mol. The second-order valence-corrected chi connectivity index (χ2v) is 6.56. The van der Waals surface area contributed by atoms with Gasteiger partial charge in [-0.3, -0.25) is 4.79 Å². The third-order valence-corrected chi connectivity index (χ3v) is 4.52. The fourth-order valence-electron chi connectivity index (χ4n) is 3.42. The first-order valence-corrected chi connectivity index (χ1v) is 7.98. The summed E-state index contributed by atoms with van der Waals surface area (Å²) in [5.41, 5.74) is 3.61. The van der Waals surface area contributed by atoms with Gasteiger partial charge in [-0.05, 0) is 74.6 Å². The zero-order valence-electron chi connectivity index (χ0n) is 12.5. The Morgan fingerprint density at radius 2 is 1.65 bits per heavy atom. The summed E-state index contributed by atoms with van der Waals surface area (Å²) in [5.74, 6) is 2.15. The summed E-state index contributed by atoms with van der Waals surface area (Å²) in [5, 5.41) is 0. The van der Waals surface area contributed by atoms with E-state index in [0.717, 1.165) is 17.6 Å². The maximum atomic E-state index is 11.4. The zero-order valence-corrected chi connectivity index (χ0v) is 12.5. The van der Waals surface area contributed by atoms with Crippen molar-refractivity contribution in [3.63, 3.8) is 0 Å². The minimum Gasteiger partial charge on any atom is -0.490 e. The Hall–Kier alpha value is -1.31. The van der Waals surface area contributed by atoms with Crippen LogP contribution in [0.1, 0.15) is 85.7 Å². The van der Waals surface area contributed by atoms with E-state index in [1.807, 2.05) is 13.8 Å². The summed E-state index contributed by atoms with van der Waals surface area (Å²) < 4.78 is 5.86. The van der Waals surface area contributed by atoms with Crippen molar-refractivity contribution in [1.29, 1.82) is 0 Å². The van der Waals surface area contributed by atoms with Gasteiger partial charge in [0, 0.05) is 0 Å². The van der Waals surface area contributed by atoms with Crippen molar-refractivity contribution in [2.24, 2.45) is 0 Å². The second-order valence-electron chi connectivity index (χ2n) is 6.56. The van der Waals surface area contributed by atoms with E-state index < -0.39 is 0 Å². The molecule has 108 valence electrons. The van der Waals surface area contributed by atoms with E-state index in [2.05, 4.69) is 12.1 Å². The Kier molecular flexibility index (Phi) is 3.82. The summed E-state index contributed by atoms with van der Waals surface area (Å²) >= 11 is 0. The van der Waals surface area contributed by atoms with Crippen molar-refractivity contribution in [1.82, 2.24) is 0 Å². The van der Waals surface area contributed by atoms with E-state index in [4.69, 9.17) is 4.74 Å². The molecule has 0 spiro atoms. The SMILES string of the molecule is CC(C)Oc1cc(C2CCCC2)c(C2CC2)cc1C=O. The van der Waals surface area contributed by atoms with Gasteiger partial charge in [0.1, 0.15) is 5.75 Å². The zero-order chi connectivity index (χ0) is 14.1. The highest BCUT2D eigenvalue weighted by atomic mass is 16.5. The number of rotatable bonds is 5. The van der Waals surface area contributed by atoms with Crippen molar-refractivity contribution < 1.29 is 9.53 Å². The van der Waals surface area contributed by atoms with Crippen LogP contribution in [-0.4, -0.2) is 12.4 Å². The quantitative estimate of drug-likeness (QED) is 0.718. The lowest BCUT2D eigenvalue weighted by Gasteiger charge is -2.20. The van der Waals surface area contributed by atoms with E-state index in [1.165, 1.54) is 49.7 Å². The summed E-state index contributed by atoms with van der Waals surface area (Å²) in [6.07, 6.45) is 8.88. The predicted molar refractivity (Wildman–Crippen MR) is 80.8 cm³/mol. The van der Waals surface area contributed by atoms with Crippen LogP contribution < -0.4 is 4.74 Å². The molecule has 0 aromatic heterocycles. The first kappa shape index (κ1) is 13.7. The molecular formula is C18H24O2. The number of aldehydes is 1. The van der Waals surface area contributed by atoms with Gasteiger partial charge in [0.25, 0.3) is 0 Å². The van der Waals surface area contributed by atoms with Crippen LogP contribution in [0.15, 0.2) is 12.1 Å². The number of carbonyl (C=O) groups is 1. The van der Waals surface area contributed by atoms with Gasteiger partial charge < -0.3 is 4.74 Å². The highest BCUT2D eigenvalue weighted by molar-refractivity contribution is 5.80. The average Bonchev–Trinajstić information content (AvgIpc) is 3.12. The fourth-order valence-corrected chi connectivity index (χ4v) is 3.42. The Morgan fingerprint density at radius 1 is 1.05 bits per heavy atom. The minimum absolute atomic E-state index is 0.108. The molecule has 1 aromatic carbocycles. The Balaban J connectivity index is 2.02. The van der Waals surface area contributed by atoms with Crippen LogP contribution in [0.2, 0.25) is 0 Å². The predicted octanol–water partition coefficient (Wildman–Crippen LogP) is 4.82. The molecule has 1 aromatic rings. The van der Waals surface area contributed by atoms with Gasteiger partial charge in [-0.25, -0.2) is 0 Å². The lowest BCUT2D eigenvalue weighted by molar-refractivity contribution is 0.111. The second kappa shape index (κ2) is 5.59. The van der Waals surface area contributed by atoms with Crippen LogP contribution in [0.4, 0.5) is 0 Å². The van der Waals surface area contributed by atoms with Gasteiger partial charge in [-0.1, -0.05) is 12.8 Å². The molecule has 0 unspecified atom stereocenters. The molecule has 3 rings (SSSR count). The number of carbonyl (C=O) groups excluding carboxylic acids is 1. The standard InChI is InChI=1S/C18H24O2/c1-12(2)20-18-10-17(13-5-3-4-6-13)16(14-7-8-14)9-15(18)11-19/h9-14H,3-8H2,1-2H3. The van der Waals surface area contributed by atoms with Gasteiger partial charge in [-0.15, -0.1) is 0 Å². The van der Waals surface area contributed by atoms with Crippen LogP contribution in [0.3, 0.4) is 0 Å². The monoisotopic (exact) mass is 272 g/mol. The third-order valence-electron chi connectivity index (χ3n) is 4.52. The van der Waals surface area contributed by atoms with E-state index in [0.29, 0.717) is 11.8 Å². The normalized spacial score (nSPS) is 19.6. The van der Waals surface area contributed by atoms with Gasteiger partial charge in [0.05, 0.1) is 11.7 Å². The van der Waals surface area contributed by atoms with Crippen molar-refractivity contribution >= 4 is 6.29 Å². The molecule has 0 aliphatic heterocycles. The molecule has 0 radical (unpaired) electrons. The number of benzene rings is 1. The Bertz CT molecular complexity index is 494. The first-order valence-electron chi connectivity index (χ1n) is 7.98. The van der Waals surface area contributed by atoms with Gasteiger partial charge in [-0.2, -0.15) is 0 Å². The van der Waals surface area contributed by atoms with E-state index in [1.54, 1.807) is 0 Å². The molecule has 2 fully saturated rings. The molecule has 2 heteroatoms. The molecule has 2 aliphatic carbocycles. The van der Waals surface area contributed by atoms with Crippen LogP contribution in [0.25, 0.3) is 0 Å². The summed E-state index contributed by atoms with van der Waals surface area (Å²) in [6.45, 7) is 4.03. The highest BCUT2D eigenvalue weighted by Gasteiger charge is 2.31. The summed E-state index contributed by atoms with van der Waals surface area (Å²) in [7, 11) is 0. The molecule has 2 saturated carbocycles. The smallest absolute Gasteiger partial charge is 0.153 e. The number of hydrogen-bond acceptors (Lipinski definition) is 2. The molecule has 0 atom stereocenters. The fraction of sp³-hybridized carbons (Fsp3) is 0.611. The van der Waals surface area contributed by atoms with Gasteiger partial charge in [0.15, 0.2) is 6.29 Å². The van der Waals surface area contributed by atoms with E-state index in [9.17, 15) is 4.79 Å². The maximum absolute atomic E-state index is 11.4. The van der Waals surface area contributed by atoms with Crippen molar-refractivity contribution in [3.8, 4) is 5.75 Å². The van der Waals surface area contributed by atoms with Crippen molar-refractivity contribution in [2.75, 3.05) is 0 Å². The van der Waals surface area contributed by atoms with Crippen molar-refractivity contribution in [2.45, 2.75) is 70.3 Å².